The summed E-state index contributed by atoms with van der Waals surface area (Å²) in [4.78, 5) is 4.30. The molecule has 0 spiro atoms. The van der Waals surface area contributed by atoms with E-state index in [0.29, 0.717) is 31.4 Å². The van der Waals surface area contributed by atoms with Crippen LogP contribution < -0.4 is 15.8 Å². The van der Waals surface area contributed by atoms with Gasteiger partial charge in [-0.25, -0.2) is 0 Å². The highest BCUT2D eigenvalue weighted by Crippen LogP contribution is 2.21. The minimum absolute atomic E-state index is 0.195. The fourth-order valence-electron chi connectivity index (χ4n) is 1.37. The second kappa shape index (κ2) is 6.96. The van der Waals surface area contributed by atoms with Gasteiger partial charge in [0.2, 0.25) is 5.88 Å². The number of ether oxygens (including phenoxy) is 2. The molecule has 0 aliphatic rings. The van der Waals surface area contributed by atoms with Crippen LogP contribution in [0.2, 0.25) is 0 Å². The fraction of sp³-hybridized carbons (Fsp3) is 0.583. The summed E-state index contributed by atoms with van der Waals surface area (Å²) in [5, 5.41) is 3.23. The number of nitrogen functional groups attached to an aromatic ring is 1. The number of rotatable bonds is 7. The summed E-state index contributed by atoms with van der Waals surface area (Å²) in [6.45, 7) is 7.82. The first-order valence-electron chi connectivity index (χ1n) is 5.91. The van der Waals surface area contributed by atoms with Crippen molar-refractivity contribution in [3.05, 3.63) is 12.1 Å². The van der Waals surface area contributed by atoms with Crippen molar-refractivity contribution in [1.82, 2.24) is 4.98 Å². The monoisotopic (exact) mass is 239 g/mol. The number of aromatic nitrogens is 1. The molecule has 0 amide bonds. The smallest absolute Gasteiger partial charge is 0.239 e. The predicted molar refractivity (Wildman–Crippen MR) is 69.4 cm³/mol. The Bertz CT molecular complexity index is 345. The van der Waals surface area contributed by atoms with Gasteiger partial charge in [-0.1, -0.05) is 0 Å². The predicted octanol–water partition coefficient (Wildman–Crippen LogP) is 1.90. The average Bonchev–Trinajstić information content (AvgIpc) is 2.31. The molecule has 0 fully saturated rings. The minimum Gasteiger partial charge on any atom is -0.476 e. The number of nitrogens with zero attached hydrogens (tertiary/aromatic N) is 1. The van der Waals surface area contributed by atoms with Gasteiger partial charge in [-0.05, 0) is 32.9 Å². The molecule has 0 aliphatic heterocycles. The Morgan fingerprint density at radius 1 is 1.35 bits per heavy atom. The number of nitrogens with two attached hydrogens (primary N) is 1. The van der Waals surface area contributed by atoms with Crippen LogP contribution in [-0.2, 0) is 4.74 Å². The number of hydrogen-bond acceptors (Lipinski definition) is 5. The lowest BCUT2D eigenvalue weighted by molar-refractivity contribution is 0.141. The summed E-state index contributed by atoms with van der Waals surface area (Å²) >= 11 is 0. The van der Waals surface area contributed by atoms with Crippen LogP contribution in [-0.4, -0.2) is 30.8 Å². The Kier molecular flexibility index (Phi) is 5.56. The molecule has 96 valence electrons. The topological polar surface area (TPSA) is 69.4 Å². The summed E-state index contributed by atoms with van der Waals surface area (Å²) in [5.74, 6) is 1.22. The first-order valence-corrected chi connectivity index (χ1v) is 5.91. The molecule has 0 radical (unpaired) electrons. The van der Waals surface area contributed by atoms with Crippen LogP contribution in [0.5, 0.6) is 5.88 Å². The molecular formula is C12H21N3O2. The number of anilines is 2. The summed E-state index contributed by atoms with van der Waals surface area (Å²) in [6.07, 6.45) is 0. The number of hydrogen-bond donors (Lipinski definition) is 2. The Balaban J connectivity index is 2.61. The van der Waals surface area contributed by atoms with Gasteiger partial charge in [-0.15, -0.1) is 0 Å². The van der Waals surface area contributed by atoms with Crippen LogP contribution in [0, 0.1) is 0 Å². The van der Waals surface area contributed by atoms with Gasteiger partial charge < -0.3 is 20.5 Å². The Morgan fingerprint density at radius 2 is 2.12 bits per heavy atom. The van der Waals surface area contributed by atoms with Crippen LogP contribution in [0.3, 0.4) is 0 Å². The standard InChI is InChI=1S/C12H21N3O2/c1-4-16-8-9(3)14-11-7-6-10(13)12(15-11)17-5-2/h6-7,9H,4-5,8,13H2,1-3H3,(H,14,15). The molecule has 5 heteroatoms. The lowest BCUT2D eigenvalue weighted by Crippen LogP contribution is -2.22. The molecule has 17 heavy (non-hydrogen) atoms. The zero-order chi connectivity index (χ0) is 12.7. The van der Waals surface area contributed by atoms with E-state index in [1.54, 1.807) is 6.07 Å². The zero-order valence-corrected chi connectivity index (χ0v) is 10.7. The highest BCUT2D eigenvalue weighted by atomic mass is 16.5. The Morgan fingerprint density at radius 3 is 2.76 bits per heavy atom. The first-order chi connectivity index (χ1) is 8.17. The molecule has 1 aromatic heterocycles. The molecule has 3 N–H and O–H groups in total. The van der Waals surface area contributed by atoms with Gasteiger partial charge in [0, 0.05) is 12.6 Å². The molecular weight excluding hydrogens is 218 g/mol. The molecule has 0 bridgehead atoms. The van der Waals surface area contributed by atoms with Crippen molar-refractivity contribution < 1.29 is 9.47 Å². The summed E-state index contributed by atoms with van der Waals surface area (Å²) in [6, 6.07) is 3.81. The van der Waals surface area contributed by atoms with Gasteiger partial charge in [0.05, 0.1) is 18.9 Å². The van der Waals surface area contributed by atoms with E-state index in [-0.39, 0.29) is 6.04 Å². The van der Waals surface area contributed by atoms with Crippen LogP contribution in [0.4, 0.5) is 11.5 Å². The van der Waals surface area contributed by atoms with Crippen molar-refractivity contribution in [2.24, 2.45) is 0 Å². The lowest BCUT2D eigenvalue weighted by Gasteiger charge is -2.15. The largest absolute Gasteiger partial charge is 0.476 e. The van der Waals surface area contributed by atoms with Gasteiger partial charge in [0.25, 0.3) is 0 Å². The van der Waals surface area contributed by atoms with Gasteiger partial charge in [-0.3, -0.25) is 0 Å². The Labute approximate surface area is 102 Å². The zero-order valence-electron chi connectivity index (χ0n) is 10.7. The molecule has 1 heterocycles. The third kappa shape index (κ3) is 4.48. The van der Waals surface area contributed by atoms with Crippen molar-refractivity contribution in [3.63, 3.8) is 0 Å². The van der Waals surface area contributed by atoms with E-state index in [2.05, 4.69) is 10.3 Å². The molecule has 1 aromatic rings. The maximum absolute atomic E-state index is 5.75. The highest BCUT2D eigenvalue weighted by Gasteiger charge is 2.06. The average molecular weight is 239 g/mol. The normalized spacial score (nSPS) is 12.2. The molecule has 5 nitrogen and oxygen atoms in total. The van der Waals surface area contributed by atoms with Crippen LogP contribution in [0.1, 0.15) is 20.8 Å². The number of pyridine rings is 1. The van der Waals surface area contributed by atoms with Crippen molar-refractivity contribution in [1.29, 1.82) is 0 Å². The van der Waals surface area contributed by atoms with Crippen molar-refractivity contribution in [3.8, 4) is 5.88 Å². The third-order valence-corrected chi connectivity index (χ3v) is 2.14. The summed E-state index contributed by atoms with van der Waals surface area (Å²) in [5.41, 5.74) is 6.30. The van der Waals surface area contributed by atoms with Gasteiger partial charge >= 0.3 is 0 Å². The van der Waals surface area contributed by atoms with Gasteiger partial charge in [-0.2, -0.15) is 4.98 Å². The second-order valence-electron chi connectivity index (χ2n) is 3.73. The molecule has 0 saturated carbocycles. The van der Waals surface area contributed by atoms with Crippen molar-refractivity contribution in [2.45, 2.75) is 26.8 Å². The van der Waals surface area contributed by atoms with E-state index in [0.717, 1.165) is 5.82 Å². The SMILES string of the molecule is CCOCC(C)Nc1ccc(N)c(OCC)n1. The molecule has 0 saturated heterocycles. The fourth-order valence-corrected chi connectivity index (χ4v) is 1.37. The molecule has 0 aromatic carbocycles. The van der Waals surface area contributed by atoms with E-state index >= 15 is 0 Å². The van der Waals surface area contributed by atoms with Crippen molar-refractivity contribution in [2.75, 3.05) is 30.9 Å². The maximum Gasteiger partial charge on any atom is 0.239 e. The molecule has 1 unspecified atom stereocenters. The van der Waals surface area contributed by atoms with E-state index in [1.807, 2.05) is 26.8 Å². The van der Waals surface area contributed by atoms with E-state index in [9.17, 15) is 0 Å². The number of nitrogens with one attached hydrogen (secondary N) is 1. The first kappa shape index (κ1) is 13.6. The van der Waals surface area contributed by atoms with Gasteiger partial charge in [0.1, 0.15) is 5.82 Å². The molecule has 0 aliphatic carbocycles. The maximum atomic E-state index is 5.75. The Hall–Kier alpha value is -1.49. The van der Waals surface area contributed by atoms with E-state index in [4.69, 9.17) is 15.2 Å². The summed E-state index contributed by atoms with van der Waals surface area (Å²) < 4.78 is 10.7. The van der Waals surface area contributed by atoms with E-state index in [1.165, 1.54) is 0 Å². The second-order valence-corrected chi connectivity index (χ2v) is 3.73. The van der Waals surface area contributed by atoms with E-state index < -0.39 is 0 Å². The molecule has 1 rings (SSSR count). The molecule has 1 atom stereocenters. The van der Waals surface area contributed by atoms with Crippen molar-refractivity contribution >= 4 is 11.5 Å². The lowest BCUT2D eigenvalue weighted by atomic mass is 10.3. The van der Waals surface area contributed by atoms with Crippen LogP contribution in [0.25, 0.3) is 0 Å². The highest BCUT2D eigenvalue weighted by molar-refractivity contribution is 5.53. The van der Waals surface area contributed by atoms with Crippen LogP contribution in [0.15, 0.2) is 12.1 Å². The summed E-state index contributed by atoms with van der Waals surface area (Å²) in [7, 11) is 0. The minimum atomic E-state index is 0.195. The quantitative estimate of drug-likeness (QED) is 0.760. The third-order valence-electron chi connectivity index (χ3n) is 2.14. The van der Waals surface area contributed by atoms with Crippen LogP contribution >= 0.6 is 0 Å². The van der Waals surface area contributed by atoms with Gasteiger partial charge in [0.15, 0.2) is 0 Å².